The van der Waals surface area contributed by atoms with Gasteiger partial charge < -0.3 is 14.6 Å². The third kappa shape index (κ3) is 5.96. The van der Waals surface area contributed by atoms with Crippen LogP contribution in [0.5, 0.6) is 17.2 Å². The Balaban J connectivity index is 2.15. The van der Waals surface area contributed by atoms with E-state index in [0.717, 1.165) is 5.56 Å². The highest BCUT2D eigenvalue weighted by Gasteiger charge is 2.22. The van der Waals surface area contributed by atoms with Gasteiger partial charge in [0, 0.05) is 16.1 Å². The van der Waals surface area contributed by atoms with E-state index < -0.39 is 5.97 Å². The van der Waals surface area contributed by atoms with E-state index in [1.165, 1.54) is 0 Å². The van der Waals surface area contributed by atoms with Gasteiger partial charge in [-0.3, -0.25) is 9.59 Å². The number of hydrogen-bond acceptors (Lipinski definition) is 4. The molecule has 0 radical (unpaired) electrons. The molecule has 8 heteroatoms. The fourth-order valence-corrected chi connectivity index (χ4v) is 4.98. The average Bonchev–Trinajstić information content (AvgIpc) is 2.74. The number of carboxylic acids is 1. The zero-order chi connectivity index (χ0) is 24.3. The first-order valence-corrected chi connectivity index (χ1v) is 12.0. The number of benzene rings is 3. The number of aliphatic carboxylic acids is 1. The van der Waals surface area contributed by atoms with Crippen molar-refractivity contribution in [2.24, 2.45) is 0 Å². The molecule has 0 bridgehead atoms. The van der Waals surface area contributed by atoms with Crippen LogP contribution in [-0.2, 0) is 11.2 Å². The van der Waals surface area contributed by atoms with Crippen LogP contribution in [0.4, 0.5) is 0 Å². The molecular weight excluding hydrogens is 576 g/mol. The number of ether oxygens (including phenoxy) is 2. The summed E-state index contributed by atoms with van der Waals surface area (Å²) in [5.41, 5.74) is 2.21. The molecular formula is C25H21Br2ClO5. The van der Waals surface area contributed by atoms with Crippen molar-refractivity contribution >= 4 is 55.2 Å². The molecule has 3 aromatic rings. The van der Waals surface area contributed by atoms with E-state index in [4.69, 9.17) is 26.2 Å². The molecule has 0 aromatic heterocycles. The molecule has 1 N–H and O–H groups in total. The van der Waals surface area contributed by atoms with Crippen molar-refractivity contribution in [3.05, 3.63) is 84.8 Å². The van der Waals surface area contributed by atoms with E-state index in [1.54, 1.807) is 55.6 Å². The van der Waals surface area contributed by atoms with Crippen LogP contribution in [-0.4, -0.2) is 24.0 Å². The Morgan fingerprint density at radius 2 is 1.70 bits per heavy atom. The summed E-state index contributed by atoms with van der Waals surface area (Å²) in [4.78, 5) is 24.5. The summed E-state index contributed by atoms with van der Waals surface area (Å²) >= 11 is 13.0. The third-order valence-corrected chi connectivity index (χ3v) is 6.32. The fraction of sp³-hybridized carbons (Fsp3) is 0.200. The Morgan fingerprint density at radius 3 is 2.24 bits per heavy atom. The molecule has 0 aliphatic rings. The first kappa shape index (κ1) is 25.3. The molecule has 0 atom stereocenters. The lowest BCUT2D eigenvalue weighted by atomic mass is 9.95. The van der Waals surface area contributed by atoms with Gasteiger partial charge in [-0.2, -0.15) is 0 Å². The number of carboxylic acid groups (broad SMARTS) is 1. The number of rotatable bonds is 8. The predicted octanol–water partition coefficient (Wildman–Crippen LogP) is 7.65. The monoisotopic (exact) mass is 594 g/mol. The van der Waals surface area contributed by atoms with Crippen molar-refractivity contribution in [1.82, 2.24) is 0 Å². The number of hydrogen-bond donors (Lipinski definition) is 1. The minimum atomic E-state index is -0.936. The van der Waals surface area contributed by atoms with Gasteiger partial charge in [0.05, 0.1) is 28.0 Å². The molecule has 33 heavy (non-hydrogen) atoms. The second-order valence-electron chi connectivity index (χ2n) is 7.65. The molecule has 172 valence electrons. The lowest BCUT2D eigenvalue weighted by Gasteiger charge is -2.19. The van der Waals surface area contributed by atoms with Gasteiger partial charge in [0.2, 0.25) is 0 Å². The maximum absolute atomic E-state index is 13.4. The lowest BCUT2D eigenvalue weighted by Crippen LogP contribution is -2.07. The average molecular weight is 597 g/mol. The van der Waals surface area contributed by atoms with Gasteiger partial charge in [-0.05, 0) is 79.7 Å². The number of ketones is 1. The quantitative estimate of drug-likeness (QED) is 0.271. The van der Waals surface area contributed by atoms with Gasteiger partial charge >= 0.3 is 5.97 Å². The number of methoxy groups -OCH3 is 1. The molecule has 0 spiro atoms. The summed E-state index contributed by atoms with van der Waals surface area (Å²) in [5.74, 6) is 0.255. The van der Waals surface area contributed by atoms with Gasteiger partial charge in [-0.25, -0.2) is 0 Å². The first-order valence-electron chi connectivity index (χ1n) is 10.0. The number of halogens is 3. The molecule has 3 rings (SSSR count). The summed E-state index contributed by atoms with van der Waals surface area (Å²) in [6, 6.07) is 13.5. The minimum absolute atomic E-state index is 0.113. The van der Waals surface area contributed by atoms with Crippen LogP contribution in [0.2, 0.25) is 5.02 Å². The Bertz CT molecular complexity index is 1200. The highest BCUT2D eigenvalue weighted by atomic mass is 79.9. The SMILES string of the molecule is COc1cc(C(=O)c2cccc(Cl)c2)c(Oc2c(Br)cc(CC(=O)O)cc2Br)cc1C(C)C. The maximum atomic E-state index is 13.4. The molecule has 0 aliphatic carbocycles. The molecule has 3 aromatic carbocycles. The van der Waals surface area contributed by atoms with Crippen LogP contribution in [0.15, 0.2) is 57.5 Å². The van der Waals surface area contributed by atoms with Crippen LogP contribution in [0.25, 0.3) is 0 Å². The van der Waals surface area contributed by atoms with Gasteiger partial charge in [0.25, 0.3) is 0 Å². The summed E-state index contributed by atoms with van der Waals surface area (Å²) in [6.07, 6.45) is -0.129. The van der Waals surface area contributed by atoms with Crippen molar-refractivity contribution in [2.75, 3.05) is 7.11 Å². The summed E-state index contributed by atoms with van der Waals surface area (Å²) in [6.45, 7) is 4.04. The zero-order valence-corrected chi connectivity index (χ0v) is 22.0. The lowest BCUT2D eigenvalue weighted by molar-refractivity contribution is -0.136. The van der Waals surface area contributed by atoms with E-state index in [9.17, 15) is 9.59 Å². The summed E-state index contributed by atoms with van der Waals surface area (Å²) < 4.78 is 12.9. The van der Waals surface area contributed by atoms with Crippen LogP contribution in [0, 0.1) is 0 Å². The second-order valence-corrected chi connectivity index (χ2v) is 9.79. The molecule has 0 saturated carbocycles. The molecule has 0 unspecified atom stereocenters. The largest absolute Gasteiger partial charge is 0.496 e. The van der Waals surface area contributed by atoms with E-state index in [0.29, 0.717) is 47.9 Å². The van der Waals surface area contributed by atoms with Gasteiger partial charge in [0.15, 0.2) is 11.5 Å². The number of carbonyl (C=O) groups is 2. The van der Waals surface area contributed by atoms with Gasteiger partial charge in [-0.1, -0.05) is 37.6 Å². The highest BCUT2D eigenvalue weighted by Crippen LogP contribution is 2.42. The molecule has 0 heterocycles. The topological polar surface area (TPSA) is 72.8 Å². The molecule has 0 amide bonds. The van der Waals surface area contributed by atoms with E-state index >= 15 is 0 Å². The van der Waals surface area contributed by atoms with Crippen LogP contribution < -0.4 is 9.47 Å². The van der Waals surface area contributed by atoms with E-state index in [2.05, 4.69) is 31.9 Å². The maximum Gasteiger partial charge on any atom is 0.307 e. The Hall–Kier alpha value is -2.35. The van der Waals surface area contributed by atoms with Crippen LogP contribution >= 0.6 is 43.5 Å². The molecule has 0 saturated heterocycles. The fourth-order valence-electron chi connectivity index (χ4n) is 3.35. The smallest absolute Gasteiger partial charge is 0.307 e. The second kappa shape index (κ2) is 10.7. The van der Waals surface area contributed by atoms with Crippen LogP contribution in [0.1, 0.15) is 46.8 Å². The predicted molar refractivity (Wildman–Crippen MR) is 135 cm³/mol. The van der Waals surface area contributed by atoms with E-state index in [1.807, 2.05) is 13.8 Å². The minimum Gasteiger partial charge on any atom is -0.496 e. The van der Waals surface area contributed by atoms with Crippen molar-refractivity contribution in [3.8, 4) is 17.2 Å². The Morgan fingerprint density at radius 1 is 1.03 bits per heavy atom. The van der Waals surface area contributed by atoms with Gasteiger partial charge in [-0.15, -0.1) is 0 Å². The van der Waals surface area contributed by atoms with Crippen molar-refractivity contribution in [2.45, 2.75) is 26.2 Å². The summed E-state index contributed by atoms with van der Waals surface area (Å²) in [5, 5.41) is 9.54. The van der Waals surface area contributed by atoms with Crippen molar-refractivity contribution < 1.29 is 24.2 Å². The third-order valence-electron chi connectivity index (χ3n) is 4.91. The number of carbonyl (C=O) groups excluding carboxylic acids is 1. The first-order chi connectivity index (χ1) is 15.6. The molecule has 0 fully saturated rings. The van der Waals surface area contributed by atoms with Crippen molar-refractivity contribution in [1.29, 1.82) is 0 Å². The Kier molecular flexibility index (Phi) is 8.21. The van der Waals surface area contributed by atoms with E-state index in [-0.39, 0.29) is 18.1 Å². The highest BCUT2D eigenvalue weighted by molar-refractivity contribution is 9.11. The van der Waals surface area contributed by atoms with Gasteiger partial charge in [0.1, 0.15) is 11.5 Å². The van der Waals surface area contributed by atoms with Crippen LogP contribution in [0.3, 0.4) is 0 Å². The Labute approximate surface area is 213 Å². The van der Waals surface area contributed by atoms with Crippen molar-refractivity contribution in [3.63, 3.8) is 0 Å². The normalized spacial score (nSPS) is 10.9. The summed E-state index contributed by atoms with van der Waals surface area (Å²) in [7, 11) is 1.56. The molecule has 0 aliphatic heterocycles. The standard InChI is InChI=1S/C25H21Br2ClO5/c1-13(2)17-11-22(33-25-19(26)7-14(8-20(25)27)9-23(29)30)18(12-21(17)32-3)24(31)15-5-4-6-16(28)10-15/h4-8,10-13H,9H2,1-3H3,(H,29,30). The molecule has 5 nitrogen and oxygen atoms in total. The zero-order valence-electron chi connectivity index (χ0n) is 18.1.